The van der Waals surface area contributed by atoms with E-state index >= 15 is 0 Å². The molecule has 96 valence electrons. The Balaban J connectivity index is 0.00000256. The van der Waals surface area contributed by atoms with Crippen LogP contribution in [0.3, 0.4) is 0 Å². The van der Waals surface area contributed by atoms with Gasteiger partial charge in [-0.3, -0.25) is 4.79 Å². The van der Waals surface area contributed by atoms with E-state index in [-0.39, 0.29) is 29.4 Å². The maximum Gasteiger partial charge on any atom is 0.307 e. The first-order valence-electron chi connectivity index (χ1n) is 4.74. The Kier molecular flexibility index (Phi) is 6.45. The van der Waals surface area contributed by atoms with Gasteiger partial charge in [0.2, 0.25) is 0 Å². The second kappa shape index (κ2) is 6.79. The maximum absolute atomic E-state index is 13.8. The van der Waals surface area contributed by atoms with E-state index in [1.807, 2.05) is 0 Å². The monoisotopic (exact) mass is 281 g/mol. The molecule has 0 saturated heterocycles. The Hall–Kier alpha value is -0.840. The molecule has 0 fully saturated rings. The topological polar surface area (TPSA) is 52.3 Å². The van der Waals surface area contributed by atoms with Crippen molar-refractivity contribution in [1.82, 2.24) is 0 Å². The fourth-order valence-corrected chi connectivity index (χ4v) is 1.67. The van der Waals surface area contributed by atoms with Crippen LogP contribution in [-0.2, 0) is 9.53 Å². The van der Waals surface area contributed by atoms with E-state index in [2.05, 4.69) is 4.74 Å². The highest BCUT2D eigenvalue weighted by atomic mass is 35.5. The van der Waals surface area contributed by atoms with Gasteiger partial charge in [0.15, 0.2) is 0 Å². The van der Waals surface area contributed by atoms with Gasteiger partial charge in [-0.25, -0.2) is 4.39 Å². The van der Waals surface area contributed by atoms with Crippen LogP contribution < -0.4 is 5.73 Å². The van der Waals surface area contributed by atoms with Crippen molar-refractivity contribution in [3.8, 4) is 0 Å². The van der Waals surface area contributed by atoms with E-state index < -0.39 is 17.8 Å². The molecule has 6 heteroatoms. The highest BCUT2D eigenvalue weighted by molar-refractivity contribution is 6.31. The molecule has 17 heavy (non-hydrogen) atoms. The van der Waals surface area contributed by atoms with Crippen LogP contribution >= 0.6 is 24.0 Å². The average molecular weight is 282 g/mol. The molecule has 0 bridgehead atoms. The van der Waals surface area contributed by atoms with Crippen molar-refractivity contribution in [3.05, 3.63) is 34.1 Å². The maximum atomic E-state index is 13.8. The third-order valence-electron chi connectivity index (χ3n) is 2.30. The number of aryl methyl sites for hydroxylation is 1. The van der Waals surface area contributed by atoms with Crippen LogP contribution in [0.2, 0.25) is 5.02 Å². The van der Waals surface area contributed by atoms with Crippen molar-refractivity contribution in [3.63, 3.8) is 0 Å². The van der Waals surface area contributed by atoms with Gasteiger partial charge in [0.05, 0.1) is 13.5 Å². The number of hydrogen-bond acceptors (Lipinski definition) is 3. The largest absolute Gasteiger partial charge is 0.469 e. The zero-order valence-corrected chi connectivity index (χ0v) is 11.1. The Morgan fingerprint density at radius 2 is 2.18 bits per heavy atom. The first kappa shape index (κ1) is 16.2. The van der Waals surface area contributed by atoms with Crippen molar-refractivity contribution in [2.24, 2.45) is 5.73 Å². The third-order valence-corrected chi connectivity index (χ3v) is 2.63. The van der Waals surface area contributed by atoms with Gasteiger partial charge >= 0.3 is 5.97 Å². The van der Waals surface area contributed by atoms with Crippen molar-refractivity contribution >= 4 is 30.0 Å². The zero-order chi connectivity index (χ0) is 12.3. The van der Waals surface area contributed by atoms with Gasteiger partial charge < -0.3 is 10.5 Å². The summed E-state index contributed by atoms with van der Waals surface area (Å²) in [5, 5.41) is 0.222. The summed E-state index contributed by atoms with van der Waals surface area (Å²) in [4.78, 5) is 11.0. The Morgan fingerprint density at radius 3 is 2.71 bits per heavy atom. The first-order chi connectivity index (χ1) is 7.47. The summed E-state index contributed by atoms with van der Waals surface area (Å²) < 4.78 is 18.2. The van der Waals surface area contributed by atoms with Crippen LogP contribution in [0.1, 0.15) is 23.6 Å². The van der Waals surface area contributed by atoms with Crippen molar-refractivity contribution < 1.29 is 13.9 Å². The molecule has 0 aliphatic heterocycles. The number of rotatable bonds is 3. The zero-order valence-electron chi connectivity index (χ0n) is 9.50. The number of carbonyl (C=O) groups excluding carboxylic acids is 1. The Labute approximate surface area is 110 Å². The lowest BCUT2D eigenvalue weighted by Crippen LogP contribution is -2.18. The molecule has 0 aromatic heterocycles. The molecule has 0 spiro atoms. The highest BCUT2D eigenvalue weighted by Gasteiger charge is 2.20. The predicted molar refractivity (Wildman–Crippen MR) is 67.0 cm³/mol. The molecule has 0 unspecified atom stereocenters. The molecule has 0 amide bonds. The third kappa shape index (κ3) is 3.84. The van der Waals surface area contributed by atoms with E-state index in [1.165, 1.54) is 7.11 Å². The lowest BCUT2D eigenvalue weighted by Gasteiger charge is -2.14. The first-order valence-corrected chi connectivity index (χ1v) is 5.12. The van der Waals surface area contributed by atoms with Crippen LogP contribution in [0, 0.1) is 12.7 Å². The minimum Gasteiger partial charge on any atom is -0.469 e. The van der Waals surface area contributed by atoms with Crippen LogP contribution in [0.5, 0.6) is 0 Å². The summed E-state index contributed by atoms with van der Waals surface area (Å²) in [7, 11) is 1.25. The van der Waals surface area contributed by atoms with Gasteiger partial charge in [-0.15, -0.1) is 12.4 Å². The van der Waals surface area contributed by atoms with E-state index in [1.54, 1.807) is 19.1 Å². The normalized spacial score (nSPS) is 11.6. The van der Waals surface area contributed by atoms with Gasteiger partial charge in [-0.2, -0.15) is 0 Å². The van der Waals surface area contributed by atoms with Gasteiger partial charge in [0, 0.05) is 16.6 Å². The number of nitrogens with two attached hydrogens (primary N) is 1. The summed E-state index contributed by atoms with van der Waals surface area (Å²) in [5.74, 6) is -0.964. The summed E-state index contributed by atoms with van der Waals surface area (Å²) in [6, 6.07) is 2.33. The van der Waals surface area contributed by atoms with Gasteiger partial charge in [-0.1, -0.05) is 17.7 Å². The number of ether oxygens (including phenoxy) is 1. The van der Waals surface area contributed by atoms with Crippen molar-refractivity contribution in [1.29, 1.82) is 0 Å². The highest BCUT2D eigenvalue weighted by Crippen LogP contribution is 2.28. The molecule has 0 aliphatic carbocycles. The van der Waals surface area contributed by atoms with Crippen LogP contribution in [0.4, 0.5) is 4.39 Å². The van der Waals surface area contributed by atoms with E-state index in [9.17, 15) is 9.18 Å². The molecular weight excluding hydrogens is 268 g/mol. The minimum absolute atomic E-state index is 0. The molecule has 1 aromatic carbocycles. The molecular formula is C11H14Cl2FNO2. The number of esters is 1. The van der Waals surface area contributed by atoms with E-state index in [0.717, 1.165) is 0 Å². The number of halogens is 3. The molecule has 0 radical (unpaired) electrons. The summed E-state index contributed by atoms with van der Waals surface area (Å²) in [5.41, 5.74) is 6.32. The standard InChI is InChI=1S/C11H13ClFNO2.ClH/c1-6-3-4-7(12)10(11(6)13)8(14)5-9(15)16-2;/h3-4,8H,5,14H2,1-2H3;1H/t8-;/m1./s1. The fraction of sp³-hybridized carbons (Fsp3) is 0.364. The number of benzene rings is 1. The SMILES string of the molecule is COC(=O)C[C@@H](N)c1c(Cl)ccc(C)c1F.Cl. The van der Waals surface area contributed by atoms with E-state index in [0.29, 0.717) is 5.56 Å². The summed E-state index contributed by atoms with van der Waals surface area (Å²) in [6.07, 6.45) is -0.101. The molecule has 1 aromatic rings. The van der Waals surface area contributed by atoms with Crippen molar-refractivity contribution in [2.45, 2.75) is 19.4 Å². The Morgan fingerprint density at radius 1 is 1.59 bits per heavy atom. The number of hydrogen-bond donors (Lipinski definition) is 1. The average Bonchev–Trinajstić information content (AvgIpc) is 2.24. The van der Waals surface area contributed by atoms with Gasteiger partial charge in [-0.05, 0) is 18.6 Å². The number of methoxy groups -OCH3 is 1. The summed E-state index contributed by atoms with van der Waals surface area (Å²) in [6.45, 7) is 1.61. The minimum atomic E-state index is -0.792. The molecule has 0 heterocycles. The second-order valence-corrected chi connectivity index (χ2v) is 3.89. The van der Waals surface area contributed by atoms with Gasteiger partial charge in [0.25, 0.3) is 0 Å². The smallest absolute Gasteiger partial charge is 0.307 e. The van der Waals surface area contributed by atoms with Gasteiger partial charge in [0.1, 0.15) is 5.82 Å². The molecule has 3 nitrogen and oxygen atoms in total. The summed E-state index contributed by atoms with van der Waals surface area (Å²) >= 11 is 5.85. The lowest BCUT2D eigenvalue weighted by molar-refractivity contribution is -0.141. The van der Waals surface area contributed by atoms with Crippen LogP contribution in [0.25, 0.3) is 0 Å². The molecule has 0 saturated carbocycles. The van der Waals surface area contributed by atoms with E-state index in [4.69, 9.17) is 17.3 Å². The molecule has 1 rings (SSSR count). The molecule has 2 N–H and O–H groups in total. The predicted octanol–water partition coefficient (Wildman–Crippen LogP) is 2.77. The fourth-order valence-electron chi connectivity index (χ4n) is 1.38. The number of carbonyl (C=O) groups is 1. The Bertz CT molecular complexity index is 413. The molecule has 1 atom stereocenters. The quantitative estimate of drug-likeness (QED) is 0.867. The lowest BCUT2D eigenvalue weighted by atomic mass is 10.0. The van der Waals surface area contributed by atoms with Crippen molar-refractivity contribution in [2.75, 3.05) is 7.11 Å². The molecule has 0 aliphatic rings. The van der Waals surface area contributed by atoms with Crippen LogP contribution in [0.15, 0.2) is 12.1 Å². The second-order valence-electron chi connectivity index (χ2n) is 3.48. The van der Waals surface area contributed by atoms with Crippen LogP contribution in [-0.4, -0.2) is 13.1 Å².